The summed E-state index contributed by atoms with van der Waals surface area (Å²) in [5, 5.41) is 0. The van der Waals surface area contributed by atoms with E-state index in [2.05, 4.69) is 17.0 Å². The molecule has 1 aromatic carbocycles. The van der Waals surface area contributed by atoms with Crippen LogP contribution in [-0.2, 0) is 17.4 Å². The van der Waals surface area contributed by atoms with Crippen LogP contribution in [0.15, 0.2) is 40.8 Å². The molecular formula is C15H19NOS. The Morgan fingerprint density at radius 1 is 1.22 bits per heavy atom. The number of allylic oxidation sites excluding steroid dienone is 1. The molecule has 0 N–H and O–H groups in total. The minimum Gasteiger partial charge on any atom is -0.234 e. The third-order valence-corrected chi connectivity index (χ3v) is 4.40. The average Bonchev–Trinajstić information content (AvgIpc) is 2.31. The maximum Gasteiger partial charge on any atom is 0.145 e. The van der Waals surface area contributed by atoms with Gasteiger partial charge in [-0.2, -0.15) is 4.40 Å². The lowest BCUT2D eigenvalue weighted by molar-refractivity contribution is 0.650. The molecule has 0 aliphatic heterocycles. The standard InChI is InChI=1S/C15H19NOS/c1-11-9-10-12-7-5-6-8-13(12)14(11)16-18(17)15(2,3)4/h5-8H,1,9-10H2,2-4H3/b16-14+. The van der Waals surface area contributed by atoms with E-state index in [0.29, 0.717) is 0 Å². The second kappa shape index (κ2) is 4.81. The number of rotatable bonds is 1. The molecule has 2 nitrogen and oxygen atoms in total. The molecule has 0 aromatic heterocycles. The van der Waals surface area contributed by atoms with Crippen LogP contribution >= 0.6 is 0 Å². The van der Waals surface area contributed by atoms with Gasteiger partial charge in [-0.3, -0.25) is 0 Å². The first-order valence-electron chi connectivity index (χ1n) is 6.16. The zero-order valence-corrected chi connectivity index (χ0v) is 12.0. The van der Waals surface area contributed by atoms with E-state index in [9.17, 15) is 4.21 Å². The van der Waals surface area contributed by atoms with Crippen LogP contribution in [0.25, 0.3) is 0 Å². The third kappa shape index (κ3) is 2.61. The number of nitrogens with zero attached hydrogens (tertiary/aromatic N) is 1. The molecule has 0 saturated carbocycles. The Hall–Kier alpha value is -1.22. The Morgan fingerprint density at radius 2 is 1.89 bits per heavy atom. The lowest BCUT2D eigenvalue weighted by Crippen LogP contribution is -2.23. The van der Waals surface area contributed by atoms with E-state index in [1.54, 1.807) is 0 Å². The molecule has 1 unspecified atom stereocenters. The number of aryl methyl sites for hydroxylation is 1. The maximum absolute atomic E-state index is 12.2. The molecule has 1 aromatic rings. The first-order valence-corrected chi connectivity index (χ1v) is 7.27. The predicted octanol–water partition coefficient (Wildman–Crippen LogP) is 3.44. The second-order valence-electron chi connectivity index (χ2n) is 5.56. The fourth-order valence-electron chi connectivity index (χ4n) is 1.90. The van der Waals surface area contributed by atoms with Crippen molar-refractivity contribution < 1.29 is 4.21 Å². The highest BCUT2D eigenvalue weighted by atomic mass is 32.2. The zero-order valence-electron chi connectivity index (χ0n) is 11.2. The van der Waals surface area contributed by atoms with Crippen LogP contribution in [-0.4, -0.2) is 14.7 Å². The van der Waals surface area contributed by atoms with Crippen LogP contribution < -0.4 is 0 Å². The van der Waals surface area contributed by atoms with Gasteiger partial charge in [0.15, 0.2) is 0 Å². The summed E-state index contributed by atoms with van der Waals surface area (Å²) in [7, 11) is -1.24. The van der Waals surface area contributed by atoms with E-state index in [1.165, 1.54) is 5.56 Å². The summed E-state index contributed by atoms with van der Waals surface area (Å²) in [5.41, 5.74) is 4.18. The van der Waals surface area contributed by atoms with Gasteiger partial charge in [0, 0.05) is 5.56 Å². The molecule has 2 rings (SSSR count). The minimum atomic E-state index is -1.24. The fourth-order valence-corrected chi connectivity index (χ4v) is 2.56. The summed E-state index contributed by atoms with van der Waals surface area (Å²) in [5.74, 6) is 0. The summed E-state index contributed by atoms with van der Waals surface area (Å²) in [4.78, 5) is 0. The highest BCUT2D eigenvalue weighted by Gasteiger charge is 2.23. The van der Waals surface area contributed by atoms with Crippen molar-refractivity contribution in [2.24, 2.45) is 4.40 Å². The van der Waals surface area contributed by atoms with Gasteiger partial charge in [-0.05, 0) is 44.7 Å². The summed E-state index contributed by atoms with van der Waals surface area (Å²) in [6.45, 7) is 9.87. The van der Waals surface area contributed by atoms with Gasteiger partial charge in [-0.25, -0.2) is 4.21 Å². The number of hydrogen-bond donors (Lipinski definition) is 0. The van der Waals surface area contributed by atoms with Gasteiger partial charge in [0.1, 0.15) is 11.0 Å². The van der Waals surface area contributed by atoms with Crippen LogP contribution in [0.1, 0.15) is 38.3 Å². The third-order valence-electron chi connectivity index (χ3n) is 3.00. The van der Waals surface area contributed by atoms with Crippen LogP contribution in [0, 0.1) is 0 Å². The van der Waals surface area contributed by atoms with Gasteiger partial charge in [0.25, 0.3) is 0 Å². The first kappa shape index (κ1) is 13.2. The largest absolute Gasteiger partial charge is 0.234 e. The van der Waals surface area contributed by atoms with Crippen molar-refractivity contribution in [2.45, 2.75) is 38.4 Å². The zero-order chi connectivity index (χ0) is 13.3. The molecule has 3 heteroatoms. The van der Waals surface area contributed by atoms with E-state index in [4.69, 9.17) is 0 Å². The van der Waals surface area contributed by atoms with Gasteiger partial charge in [0.05, 0.1) is 10.5 Å². The SMILES string of the molecule is C=C1CCc2ccccc2/C1=N/S(=O)C(C)(C)C. The van der Waals surface area contributed by atoms with Gasteiger partial charge in [-0.1, -0.05) is 30.8 Å². The van der Waals surface area contributed by atoms with E-state index in [-0.39, 0.29) is 4.75 Å². The van der Waals surface area contributed by atoms with Gasteiger partial charge in [-0.15, -0.1) is 0 Å². The van der Waals surface area contributed by atoms with Crippen LogP contribution in [0.4, 0.5) is 0 Å². The molecule has 18 heavy (non-hydrogen) atoms. The van der Waals surface area contributed by atoms with Crippen molar-refractivity contribution in [3.8, 4) is 0 Å². The molecule has 1 atom stereocenters. The number of hydrogen-bond acceptors (Lipinski definition) is 1. The Bertz CT molecular complexity index is 538. The first-order chi connectivity index (χ1) is 8.39. The Labute approximate surface area is 111 Å². The Balaban J connectivity index is 2.47. The Morgan fingerprint density at radius 3 is 2.56 bits per heavy atom. The van der Waals surface area contributed by atoms with Gasteiger partial charge >= 0.3 is 0 Å². The summed E-state index contributed by atoms with van der Waals surface area (Å²) >= 11 is 0. The molecule has 0 fully saturated rings. The minimum absolute atomic E-state index is 0.334. The van der Waals surface area contributed by atoms with E-state index < -0.39 is 11.0 Å². The molecule has 1 aliphatic carbocycles. The smallest absolute Gasteiger partial charge is 0.145 e. The molecule has 0 heterocycles. The predicted molar refractivity (Wildman–Crippen MR) is 78.3 cm³/mol. The maximum atomic E-state index is 12.2. The van der Waals surface area contributed by atoms with Crippen LogP contribution in [0.5, 0.6) is 0 Å². The molecule has 0 radical (unpaired) electrons. The molecule has 0 bridgehead atoms. The highest BCUT2D eigenvalue weighted by molar-refractivity contribution is 7.85. The topological polar surface area (TPSA) is 29.4 Å². The van der Waals surface area contributed by atoms with Crippen molar-refractivity contribution in [3.63, 3.8) is 0 Å². The van der Waals surface area contributed by atoms with Crippen molar-refractivity contribution >= 4 is 16.7 Å². The monoisotopic (exact) mass is 261 g/mol. The fraction of sp³-hybridized carbons (Fsp3) is 0.400. The second-order valence-corrected chi connectivity index (χ2v) is 7.47. The summed E-state index contributed by atoms with van der Waals surface area (Å²) in [6, 6.07) is 8.17. The lowest BCUT2D eigenvalue weighted by atomic mass is 9.87. The number of fused-ring (bicyclic) bond motifs is 1. The van der Waals surface area contributed by atoms with Crippen molar-refractivity contribution in [2.75, 3.05) is 0 Å². The van der Waals surface area contributed by atoms with Crippen LogP contribution in [0.2, 0.25) is 0 Å². The Kier molecular flexibility index (Phi) is 3.53. The van der Waals surface area contributed by atoms with Crippen LogP contribution in [0.3, 0.4) is 0 Å². The summed E-state index contributed by atoms with van der Waals surface area (Å²) in [6.07, 6.45) is 1.90. The normalized spacial score (nSPS) is 19.7. The van der Waals surface area contributed by atoms with Crippen molar-refractivity contribution in [1.29, 1.82) is 0 Å². The lowest BCUT2D eigenvalue weighted by Gasteiger charge is -2.21. The van der Waals surface area contributed by atoms with E-state index in [1.807, 2.05) is 39.0 Å². The van der Waals surface area contributed by atoms with Crippen molar-refractivity contribution in [3.05, 3.63) is 47.5 Å². The van der Waals surface area contributed by atoms with Crippen molar-refractivity contribution in [1.82, 2.24) is 0 Å². The molecular weight excluding hydrogens is 242 g/mol. The molecule has 96 valence electrons. The van der Waals surface area contributed by atoms with Gasteiger partial charge < -0.3 is 0 Å². The quantitative estimate of drug-likeness (QED) is 0.761. The number of benzene rings is 1. The highest BCUT2D eigenvalue weighted by Crippen LogP contribution is 2.26. The van der Waals surface area contributed by atoms with E-state index >= 15 is 0 Å². The molecule has 1 aliphatic rings. The molecule has 0 amide bonds. The average molecular weight is 261 g/mol. The molecule has 0 saturated heterocycles. The van der Waals surface area contributed by atoms with Gasteiger partial charge in [0.2, 0.25) is 0 Å². The summed E-state index contributed by atoms with van der Waals surface area (Å²) < 4.78 is 16.3. The molecule has 0 spiro atoms. The van der Waals surface area contributed by atoms with E-state index in [0.717, 1.165) is 29.7 Å².